The Kier molecular flexibility index (Phi) is 5.75. The highest BCUT2D eigenvalue weighted by atomic mass is 35.5. The zero-order valence-corrected chi connectivity index (χ0v) is 14.7. The summed E-state index contributed by atoms with van der Waals surface area (Å²) in [5, 5.41) is 6.85. The second-order valence-electron chi connectivity index (χ2n) is 4.66. The third kappa shape index (κ3) is 4.54. The first kappa shape index (κ1) is 18.9. The van der Waals surface area contributed by atoms with Crippen LogP contribution >= 0.6 is 11.6 Å². The molecule has 0 aliphatic heterocycles. The predicted octanol–water partition coefficient (Wildman–Crippen LogP) is 2.35. The van der Waals surface area contributed by atoms with Crippen molar-refractivity contribution in [1.82, 2.24) is 9.99 Å². The highest BCUT2D eigenvalue weighted by Gasteiger charge is 2.17. The number of esters is 1. The lowest BCUT2D eigenvalue weighted by Gasteiger charge is -2.05. The predicted molar refractivity (Wildman–Crippen MR) is 86.4 cm³/mol. The number of carbonyl (C=O) groups is 1. The van der Waals surface area contributed by atoms with Crippen LogP contribution < -0.4 is 4.83 Å². The Balaban J connectivity index is 2.17. The van der Waals surface area contributed by atoms with Gasteiger partial charge in [0.05, 0.1) is 16.5 Å². The van der Waals surface area contributed by atoms with Gasteiger partial charge in [-0.05, 0) is 32.0 Å². The van der Waals surface area contributed by atoms with Crippen LogP contribution in [-0.4, -0.2) is 31.9 Å². The van der Waals surface area contributed by atoms with Crippen molar-refractivity contribution < 1.29 is 26.9 Å². The Morgan fingerprint density at radius 2 is 2.16 bits per heavy atom. The molecule has 0 fully saturated rings. The number of ether oxygens (including phenoxy) is 1. The number of hydrogen-bond acceptors (Lipinski definition) is 7. The molecular formula is C14H13ClFN3O5S. The summed E-state index contributed by atoms with van der Waals surface area (Å²) in [6.07, 6.45) is 0. The van der Waals surface area contributed by atoms with Crippen molar-refractivity contribution in [3.05, 3.63) is 46.6 Å². The first-order valence-electron chi connectivity index (χ1n) is 6.90. The Bertz CT molecular complexity index is 926. The van der Waals surface area contributed by atoms with E-state index in [9.17, 15) is 17.6 Å². The average molecular weight is 390 g/mol. The number of sulfonamides is 1. The Hall–Kier alpha value is -2.46. The molecule has 0 aliphatic rings. The monoisotopic (exact) mass is 389 g/mol. The summed E-state index contributed by atoms with van der Waals surface area (Å²) in [4.78, 5) is 13.2. The van der Waals surface area contributed by atoms with Gasteiger partial charge in [-0.3, -0.25) is 0 Å². The summed E-state index contributed by atoms with van der Waals surface area (Å²) in [5.41, 5.74) is 0.0411. The van der Waals surface area contributed by atoms with Gasteiger partial charge < -0.3 is 9.26 Å². The Labute approximate surface area is 147 Å². The number of rotatable bonds is 6. The van der Waals surface area contributed by atoms with E-state index < -0.39 is 21.8 Å². The van der Waals surface area contributed by atoms with Crippen LogP contribution in [0.25, 0.3) is 0 Å². The third-order valence-electron chi connectivity index (χ3n) is 2.89. The van der Waals surface area contributed by atoms with E-state index in [2.05, 4.69) is 10.3 Å². The normalized spacial score (nSPS) is 12.1. The minimum Gasteiger partial charge on any atom is -0.461 e. The molecule has 0 spiro atoms. The van der Waals surface area contributed by atoms with Gasteiger partial charge >= 0.3 is 5.97 Å². The summed E-state index contributed by atoms with van der Waals surface area (Å²) in [5.74, 6) is -1.34. The first-order chi connectivity index (χ1) is 11.7. The molecule has 1 heterocycles. The van der Waals surface area contributed by atoms with Crippen LogP contribution in [0.2, 0.25) is 5.02 Å². The lowest BCUT2D eigenvalue weighted by atomic mass is 10.3. The molecule has 1 N–H and O–H groups in total. The molecule has 25 heavy (non-hydrogen) atoms. The molecule has 0 saturated carbocycles. The fourth-order valence-corrected chi connectivity index (χ4v) is 2.76. The van der Waals surface area contributed by atoms with Crippen LogP contribution in [0.4, 0.5) is 4.39 Å². The van der Waals surface area contributed by atoms with Gasteiger partial charge in [-0.25, -0.2) is 9.18 Å². The van der Waals surface area contributed by atoms with Gasteiger partial charge in [0.15, 0.2) is 11.5 Å². The van der Waals surface area contributed by atoms with Crippen LogP contribution in [0.3, 0.4) is 0 Å². The largest absolute Gasteiger partial charge is 0.461 e. The third-order valence-corrected chi connectivity index (χ3v) is 4.38. The van der Waals surface area contributed by atoms with E-state index in [0.717, 1.165) is 18.2 Å². The van der Waals surface area contributed by atoms with Crippen LogP contribution in [-0.2, 0) is 14.8 Å². The number of aromatic nitrogens is 1. The van der Waals surface area contributed by atoms with E-state index in [1.165, 1.54) is 13.0 Å². The van der Waals surface area contributed by atoms with E-state index in [1.54, 1.807) is 6.92 Å². The number of nitrogens with one attached hydrogen (secondary N) is 1. The fraction of sp³-hybridized carbons (Fsp3) is 0.214. The molecule has 11 heteroatoms. The van der Waals surface area contributed by atoms with Crippen LogP contribution in [0.1, 0.15) is 30.1 Å². The van der Waals surface area contributed by atoms with E-state index in [0.29, 0.717) is 0 Å². The minimum atomic E-state index is -4.06. The van der Waals surface area contributed by atoms with E-state index in [4.69, 9.17) is 20.9 Å². The molecule has 2 aromatic rings. The molecule has 134 valence electrons. The highest BCUT2D eigenvalue weighted by Crippen LogP contribution is 2.19. The molecule has 0 saturated heterocycles. The quantitative estimate of drug-likeness (QED) is 0.461. The Morgan fingerprint density at radius 3 is 2.80 bits per heavy atom. The van der Waals surface area contributed by atoms with Crippen molar-refractivity contribution in [2.75, 3.05) is 6.61 Å². The maximum atomic E-state index is 13.1. The van der Waals surface area contributed by atoms with Crippen molar-refractivity contribution in [2.45, 2.75) is 18.7 Å². The summed E-state index contributed by atoms with van der Waals surface area (Å²) in [6, 6.07) is 4.19. The maximum absolute atomic E-state index is 13.1. The van der Waals surface area contributed by atoms with Crippen molar-refractivity contribution in [2.24, 2.45) is 5.10 Å². The topological polar surface area (TPSA) is 111 Å². The zero-order chi connectivity index (χ0) is 18.6. The van der Waals surface area contributed by atoms with Crippen LogP contribution in [0.5, 0.6) is 0 Å². The molecule has 0 unspecified atom stereocenters. The number of hydrazone groups is 1. The molecule has 1 aromatic carbocycles. The molecule has 0 atom stereocenters. The van der Waals surface area contributed by atoms with Gasteiger partial charge in [0.2, 0.25) is 0 Å². The maximum Gasteiger partial charge on any atom is 0.360 e. The van der Waals surface area contributed by atoms with E-state index >= 15 is 0 Å². The molecule has 0 aliphatic carbocycles. The smallest absolute Gasteiger partial charge is 0.360 e. The Morgan fingerprint density at radius 1 is 1.44 bits per heavy atom. The van der Waals surface area contributed by atoms with Gasteiger partial charge in [-0.1, -0.05) is 16.8 Å². The summed E-state index contributed by atoms with van der Waals surface area (Å²) in [7, 11) is -4.06. The van der Waals surface area contributed by atoms with Gasteiger partial charge in [-0.2, -0.15) is 18.4 Å². The summed E-state index contributed by atoms with van der Waals surface area (Å²) < 4.78 is 47.0. The van der Waals surface area contributed by atoms with Gasteiger partial charge in [-0.15, -0.1) is 0 Å². The second kappa shape index (κ2) is 7.62. The molecule has 1 aromatic heterocycles. The summed E-state index contributed by atoms with van der Waals surface area (Å²) in [6.45, 7) is 3.26. The molecular weight excluding hydrogens is 377 g/mol. The molecule has 0 bridgehead atoms. The second-order valence-corrected chi connectivity index (χ2v) is 6.73. The van der Waals surface area contributed by atoms with Crippen molar-refractivity contribution in [1.29, 1.82) is 0 Å². The van der Waals surface area contributed by atoms with Crippen molar-refractivity contribution in [3.63, 3.8) is 0 Å². The highest BCUT2D eigenvalue weighted by molar-refractivity contribution is 7.89. The minimum absolute atomic E-state index is 0.0698. The molecule has 8 nitrogen and oxygen atoms in total. The molecule has 2 rings (SSSR count). The number of halogens is 2. The summed E-state index contributed by atoms with van der Waals surface area (Å²) >= 11 is 5.57. The first-order valence-corrected chi connectivity index (χ1v) is 8.76. The fourth-order valence-electron chi connectivity index (χ4n) is 1.63. The standard InChI is InChI=1S/C14H13ClFN3O5S/c1-3-23-14(20)12-7-13(24-18-12)8(2)17-19-25(21,22)9-4-5-11(16)10(15)6-9/h4-7,19H,3H2,1-2H3/b17-8+. The van der Waals surface area contributed by atoms with E-state index in [1.807, 2.05) is 4.83 Å². The van der Waals surface area contributed by atoms with Gasteiger partial charge in [0.25, 0.3) is 10.0 Å². The van der Waals surface area contributed by atoms with Crippen molar-refractivity contribution >= 4 is 33.3 Å². The zero-order valence-electron chi connectivity index (χ0n) is 13.1. The van der Waals surface area contributed by atoms with E-state index in [-0.39, 0.29) is 33.7 Å². The van der Waals surface area contributed by atoms with Gasteiger partial charge in [0.1, 0.15) is 11.5 Å². The lowest BCUT2D eigenvalue weighted by molar-refractivity contribution is 0.0514. The SMILES string of the molecule is CCOC(=O)c1cc(/C(C)=N/NS(=O)(=O)c2ccc(F)c(Cl)c2)on1. The van der Waals surface area contributed by atoms with Crippen LogP contribution in [0.15, 0.2) is 38.8 Å². The van der Waals surface area contributed by atoms with Gasteiger partial charge in [0, 0.05) is 6.07 Å². The number of hydrogen-bond donors (Lipinski definition) is 1. The molecule has 0 radical (unpaired) electrons. The number of carbonyl (C=O) groups excluding carboxylic acids is 1. The number of benzene rings is 1. The van der Waals surface area contributed by atoms with Crippen molar-refractivity contribution in [3.8, 4) is 0 Å². The van der Waals surface area contributed by atoms with Crippen LogP contribution in [0, 0.1) is 5.82 Å². The average Bonchev–Trinajstić information content (AvgIpc) is 3.05. The number of nitrogens with zero attached hydrogens (tertiary/aromatic N) is 2. The molecule has 0 amide bonds. The lowest BCUT2D eigenvalue weighted by Crippen LogP contribution is -2.20.